The number of hydrogen-bond acceptors (Lipinski definition) is 4. The highest BCUT2D eigenvalue weighted by Gasteiger charge is 2.03. The molecule has 1 heterocycles. The second-order valence-corrected chi connectivity index (χ2v) is 3.45. The summed E-state index contributed by atoms with van der Waals surface area (Å²) in [6.45, 7) is 3.74. The fourth-order valence-corrected chi connectivity index (χ4v) is 1.02. The van der Waals surface area contributed by atoms with E-state index in [-0.39, 0.29) is 22.3 Å². The normalized spacial score (nSPS) is 11.4. The van der Waals surface area contributed by atoms with Gasteiger partial charge in [-0.3, -0.25) is 14.8 Å². The maximum atomic E-state index is 11.3. The lowest BCUT2D eigenvalue weighted by Crippen LogP contribution is -2.14. The van der Waals surface area contributed by atoms with Crippen LogP contribution in [-0.4, -0.2) is 27.3 Å². The molecular weight excluding hydrogens is 202 g/mol. The molecule has 0 aliphatic carbocycles. The SMILES string of the molecule is CC(C)N=Cc1c(O)[nH]c(=S)[nH]c1=O. The van der Waals surface area contributed by atoms with Gasteiger partial charge >= 0.3 is 0 Å². The molecule has 0 amide bonds. The fraction of sp³-hybridized carbons (Fsp3) is 0.375. The van der Waals surface area contributed by atoms with Crippen molar-refractivity contribution < 1.29 is 5.11 Å². The maximum absolute atomic E-state index is 11.3. The first kappa shape index (κ1) is 10.6. The summed E-state index contributed by atoms with van der Waals surface area (Å²) in [6.07, 6.45) is 1.32. The average Bonchev–Trinajstić information content (AvgIpc) is 2.01. The maximum Gasteiger partial charge on any atom is 0.264 e. The lowest BCUT2D eigenvalue weighted by Gasteiger charge is -1.98. The molecule has 1 aromatic rings. The number of rotatable bonds is 2. The molecule has 3 N–H and O–H groups in total. The standard InChI is InChI=1S/C8H11N3O2S/c1-4(2)9-3-5-6(12)10-8(14)11-7(5)13/h3-4H,1-2H3,(H3,10,11,12,13,14). The predicted molar refractivity (Wildman–Crippen MR) is 56.6 cm³/mol. The summed E-state index contributed by atoms with van der Waals surface area (Å²) in [5, 5.41) is 9.35. The molecule has 0 aliphatic rings. The average molecular weight is 213 g/mol. The van der Waals surface area contributed by atoms with E-state index >= 15 is 0 Å². The Morgan fingerprint density at radius 3 is 2.64 bits per heavy atom. The quantitative estimate of drug-likeness (QED) is 0.505. The van der Waals surface area contributed by atoms with Crippen LogP contribution in [0, 0.1) is 4.77 Å². The van der Waals surface area contributed by atoms with E-state index in [9.17, 15) is 9.90 Å². The number of aromatic hydroxyl groups is 1. The zero-order valence-electron chi connectivity index (χ0n) is 7.87. The zero-order chi connectivity index (χ0) is 10.7. The molecule has 1 aromatic heterocycles. The molecule has 76 valence electrons. The molecule has 0 fully saturated rings. The molecule has 0 radical (unpaired) electrons. The van der Waals surface area contributed by atoms with Crippen LogP contribution < -0.4 is 5.56 Å². The minimum atomic E-state index is -0.448. The van der Waals surface area contributed by atoms with Crippen LogP contribution in [0.1, 0.15) is 19.4 Å². The summed E-state index contributed by atoms with van der Waals surface area (Å²) in [6, 6.07) is 0.0666. The van der Waals surface area contributed by atoms with Gasteiger partial charge in [0.15, 0.2) is 4.77 Å². The van der Waals surface area contributed by atoms with Gasteiger partial charge in [0, 0.05) is 12.3 Å². The van der Waals surface area contributed by atoms with Crippen molar-refractivity contribution in [2.75, 3.05) is 0 Å². The Labute approximate surface area is 85.5 Å². The summed E-state index contributed by atoms with van der Waals surface area (Å²) in [7, 11) is 0. The predicted octanol–water partition coefficient (Wildman–Crippen LogP) is 0.965. The molecule has 1 rings (SSSR count). The van der Waals surface area contributed by atoms with Gasteiger partial charge in [-0.05, 0) is 26.1 Å². The molecule has 0 atom stereocenters. The van der Waals surface area contributed by atoms with Crippen molar-refractivity contribution in [1.29, 1.82) is 0 Å². The lowest BCUT2D eigenvalue weighted by atomic mass is 10.3. The second kappa shape index (κ2) is 4.19. The van der Waals surface area contributed by atoms with E-state index in [1.165, 1.54) is 6.21 Å². The molecule has 0 saturated heterocycles. The third-order valence-electron chi connectivity index (χ3n) is 1.46. The molecule has 0 spiro atoms. The van der Waals surface area contributed by atoms with Gasteiger partial charge in [-0.25, -0.2) is 0 Å². The Morgan fingerprint density at radius 2 is 2.14 bits per heavy atom. The molecule has 6 heteroatoms. The smallest absolute Gasteiger partial charge is 0.264 e. The van der Waals surface area contributed by atoms with Crippen LogP contribution in [0.4, 0.5) is 0 Å². The third-order valence-corrected chi connectivity index (χ3v) is 1.66. The molecule has 5 nitrogen and oxygen atoms in total. The van der Waals surface area contributed by atoms with E-state index in [1.54, 1.807) is 0 Å². The van der Waals surface area contributed by atoms with Crippen LogP contribution in [0.5, 0.6) is 5.88 Å². The monoisotopic (exact) mass is 213 g/mol. The number of hydrogen-bond donors (Lipinski definition) is 3. The summed E-state index contributed by atoms with van der Waals surface area (Å²) in [4.78, 5) is 20.0. The zero-order valence-corrected chi connectivity index (χ0v) is 8.68. The van der Waals surface area contributed by atoms with Crippen molar-refractivity contribution in [3.05, 3.63) is 20.7 Å². The number of aromatic amines is 2. The van der Waals surface area contributed by atoms with Gasteiger partial charge in [0.1, 0.15) is 5.56 Å². The summed E-state index contributed by atoms with van der Waals surface area (Å²) >= 11 is 4.67. The Bertz CT molecular complexity index is 458. The fourth-order valence-electron chi connectivity index (χ4n) is 0.827. The summed E-state index contributed by atoms with van der Waals surface area (Å²) in [5.41, 5.74) is -0.358. The van der Waals surface area contributed by atoms with Crippen LogP contribution in [0.15, 0.2) is 9.79 Å². The van der Waals surface area contributed by atoms with E-state index in [2.05, 4.69) is 27.2 Å². The van der Waals surface area contributed by atoms with Crippen LogP contribution >= 0.6 is 12.2 Å². The second-order valence-electron chi connectivity index (χ2n) is 3.04. The van der Waals surface area contributed by atoms with Gasteiger partial charge in [0.2, 0.25) is 5.88 Å². The highest BCUT2D eigenvalue weighted by atomic mass is 32.1. The molecular formula is C8H11N3O2S. The van der Waals surface area contributed by atoms with E-state index in [4.69, 9.17) is 0 Å². The minimum absolute atomic E-state index is 0.0666. The topological polar surface area (TPSA) is 81.2 Å². The molecule has 0 saturated carbocycles. The number of nitrogens with one attached hydrogen (secondary N) is 2. The Morgan fingerprint density at radius 1 is 1.50 bits per heavy atom. The highest BCUT2D eigenvalue weighted by molar-refractivity contribution is 7.71. The van der Waals surface area contributed by atoms with Gasteiger partial charge in [-0.2, -0.15) is 0 Å². The van der Waals surface area contributed by atoms with Crippen LogP contribution in [0.2, 0.25) is 0 Å². The first-order chi connectivity index (χ1) is 6.50. The van der Waals surface area contributed by atoms with Crippen molar-refractivity contribution in [1.82, 2.24) is 9.97 Å². The first-order valence-electron chi connectivity index (χ1n) is 4.09. The molecule has 0 aliphatic heterocycles. The highest BCUT2D eigenvalue weighted by Crippen LogP contribution is 2.04. The Hall–Kier alpha value is -1.43. The first-order valence-corrected chi connectivity index (χ1v) is 4.50. The lowest BCUT2D eigenvalue weighted by molar-refractivity contribution is 0.449. The summed E-state index contributed by atoms with van der Waals surface area (Å²) in [5.74, 6) is -0.261. The van der Waals surface area contributed by atoms with Crippen molar-refractivity contribution in [2.45, 2.75) is 19.9 Å². The van der Waals surface area contributed by atoms with Crippen molar-refractivity contribution >= 4 is 18.4 Å². The van der Waals surface area contributed by atoms with E-state index in [0.29, 0.717) is 0 Å². The van der Waals surface area contributed by atoms with Crippen LogP contribution in [-0.2, 0) is 0 Å². The van der Waals surface area contributed by atoms with Crippen LogP contribution in [0.3, 0.4) is 0 Å². The van der Waals surface area contributed by atoms with Gasteiger partial charge in [-0.1, -0.05) is 0 Å². The molecule has 0 bridgehead atoms. The van der Waals surface area contributed by atoms with Gasteiger partial charge in [-0.15, -0.1) is 0 Å². The molecule has 0 aromatic carbocycles. The summed E-state index contributed by atoms with van der Waals surface area (Å²) < 4.78 is 0.0918. The van der Waals surface area contributed by atoms with Crippen molar-refractivity contribution in [2.24, 2.45) is 4.99 Å². The molecule has 0 unspecified atom stereocenters. The number of aliphatic imine (C=N–C) groups is 1. The van der Waals surface area contributed by atoms with Crippen molar-refractivity contribution in [3.8, 4) is 5.88 Å². The Kier molecular flexibility index (Phi) is 3.19. The van der Waals surface area contributed by atoms with Gasteiger partial charge in [0.05, 0.1) is 0 Å². The molecule has 14 heavy (non-hydrogen) atoms. The van der Waals surface area contributed by atoms with Crippen molar-refractivity contribution in [3.63, 3.8) is 0 Å². The number of aromatic nitrogens is 2. The number of nitrogens with zero attached hydrogens (tertiary/aromatic N) is 1. The van der Waals surface area contributed by atoms with Gasteiger partial charge < -0.3 is 10.1 Å². The largest absolute Gasteiger partial charge is 0.494 e. The third kappa shape index (κ3) is 2.53. The van der Waals surface area contributed by atoms with Crippen LogP contribution in [0.25, 0.3) is 0 Å². The van der Waals surface area contributed by atoms with E-state index in [0.717, 1.165) is 0 Å². The Balaban J connectivity index is 3.22. The number of H-pyrrole nitrogens is 2. The van der Waals surface area contributed by atoms with Gasteiger partial charge in [0.25, 0.3) is 5.56 Å². The van der Waals surface area contributed by atoms with E-state index in [1.807, 2.05) is 13.8 Å². The minimum Gasteiger partial charge on any atom is -0.494 e. The van der Waals surface area contributed by atoms with E-state index < -0.39 is 5.56 Å².